The Morgan fingerprint density at radius 1 is 1.35 bits per heavy atom. The minimum atomic E-state index is -0.132. The smallest absolute Gasteiger partial charge is 0.258 e. The maximum Gasteiger partial charge on any atom is 0.258 e. The molecule has 0 saturated heterocycles. The van der Waals surface area contributed by atoms with Crippen molar-refractivity contribution in [3.05, 3.63) is 28.8 Å². The van der Waals surface area contributed by atoms with Crippen LogP contribution in [0.15, 0.2) is 18.2 Å². The van der Waals surface area contributed by atoms with Gasteiger partial charge in [-0.15, -0.1) is 0 Å². The van der Waals surface area contributed by atoms with Gasteiger partial charge in [0, 0.05) is 11.6 Å². The lowest BCUT2D eigenvalue weighted by atomic mass is 9.95. The van der Waals surface area contributed by atoms with E-state index in [0.717, 1.165) is 12.8 Å². The number of carbonyl (C=O) groups is 2. The number of amides is 1. The Morgan fingerprint density at radius 2 is 2.10 bits per heavy atom. The Morgan fingerprint density at radius 3 is 2.75 bits per heavy atom. The van der Waals surface area contributed by atoms with Gasteiger partial charge in [0.15, 0.2) is 6.61 Å². The van der Waals surface area contributed by atoms with Crippen LogP contribution in [0.5, 0.6) is 5.75 Å². The average Bonchev–Trinajstić information content (AvgIpc) is 2.47. The molecule has 1 N–H and O–H groups in total. The van der Waals surface area contributed by atoms with Crippen LogP contribution in [0.2, 0.25) is 5.02 Å². The van der Waals surface area contributed by atoms with Crippen LogP contribution >= 0.6 is 11.6 Å². The summed E-state index contributed by atoms with van der Waals surface area (Å²) in [6, 6.07) is 4.99. The molecule has 0 aliphatic heterocycles. The standard InChI is InChI=1S/C15H18ClNO3/c16-13-8-11(9-18)6-7-14(13)20-10-15(19)17-12-4-2-1-3-5-12/h6-9,12H,1-5,10H2,(H,17,19). The highest BCUT2D eigenvalue weighted by molar-refractivity contribution is 6.32. The normalized spacial score (nSPS) is 15.7. The lowest BCUT2D eigenvalue weighted by Crippen LogP contribution is -2.38. The molecule has 0 aromatic heterocycles. The third-order valence-electron chi connectivity index (χ3n) is 3.42. The van der Waals surface area contributed by atoms with E-state index in [0.29, 0.717) is 22.6 Å². The summed E-state index contributed by atoms with van der Waals surface area (Å²) in [5, 5.41) is 3.30. The van der Waals surface area contributed by atoms with Crippen molar-refractivity contribution in [1.82, 2.24) is 5.32 Å². The summed E-state index contributed by atoms with van der Waals surface area (Å²) >= 11 is 5.97. The zero-order chi connectivity index (χ0) is 14.4. The summed E-state index contributed by atoms with van der Waals surface area (Å²) in [6.45, 7) is -0.0589. The number of hydrogen-bond acceptors (Lipinski definition) is 3. The molecule has 108 valence electrons. The SMILES string of the molecule is O=Cc1ccc(OCC(=O)NC2CCCCC2)c(Cl)c1. The molecule has 0 radical (unpaired) electrons. The molecule has 4 nitrogen and oxygen atoms in total. The van der Waals surface area contributed by atoms with E-state index in [1.165, 1.54) is 25.3 Å². The number of rotatable bonds is 5. The van der Waals surface area contributed by atoms with E-state index < -0.39 is 0 Å². The van der Waals surface area contributed by atoms with Crippen molar-refractivity contribution in [3.8, 4) is 5.75 Å². The molecular weight excluding hydrogens is 278 g/mol. The number of ether oxygens (including phenoxy) is 1. The van der Waals surface area contributed by atoms with E-state index in [2.05, 4.69) is 5.32 Å². The molecule has 0 bridgehead atoms. The molecule has 1 aromatic carbocycles. The Balaban J connectivity index is 1.82. The first-order chi connectivity index (χ1) is 9.69. The molecule has 0 spiro atoms. The molecule has 5 heteroatoms. The van der Waals surface area contributed by atoms with Crippen molar-refractivity contribution in [2.75, 3.05) is 6.61 Å². The summed E-state index contributed by atoms with van der Waals surface area (Å²) in [6.07, 6.45) is 6.39. The zero-order valence-corrected chi connectivity index (χ0v) is 12.0. The van der Waals surface area contributed by atoms with E-state index >= 15 is 0 Å². The highest BCUT2D eigenvalue weighted by Gasteiger charge is 2.16. The van der Waals surface area contributed by atoms with Gasteiger partial charge in [0.05, 0.1) is 5.02 Å². The predicted molar refractivity (Wildman–Crippen MR) is 77.4 cm³/mol. The molecule has 2 rings (SSSR count). The molecule has 20 heavy (non-hydrogen) atoms. The van der Waals surface area contributed by atoms with Crippen LogP contribution in [0.1, 0.15) is 42.5 Å². The highest BCUT2D eigenvalue weighted by atomic mass is 35.5. The minimum absolute atomic E-state index is 0.0589. The lowest BCUT2D eigenvalue weighted by molar-refractivity contribution is -0.124. The molecule has 1 aromatic rings. The highest BCUT2D eigenvalue weighted by Crippen LogP contribution is 2.24. The number of nitrogens with one attached hydrogen (secondary N) is 1. The van der Waals surface area contributed by atoms with Crippen LogP contribution in [-0.4, -0.2) is 24.8 Å². The van der Waals surface area contributed by atoms with Crippen molar-refractivity contribution in [2.45, 2.75) is 38.1 Å². The van der Waals surface area contributed by atoms with Crippen LogP contribution < -0.4 is 10.1 Å². The van der Waals surface area contributed by atoms with Gasteiger partial charge >= 0.3 is 0 Å². The maximum atomic E-state index is 11.8. The van der Waals surface area contributed by atoms with Crippen LogP contribution in [-0.2, 0) is 4.79 Å². The van der Waals surface area contributed by atoms with Crippen LogP contribution in [0.25, 0.3) is 0 Å². The van der Waals surface area contributed by atoms with Crippen molar-refractivity contribution in [2.24, 2.45) is 0 Å². The second-order valence-electron chi connectivity index (χ2n) is 5.00. The molecule has 1 fully saturated rings. The topological polar surface area (TPSA) is 55.4 Å². The van der Waals surface area contributed by atoms with Crippen LogP contribution in [0.3, 0.4) is 0 Å². The van der Waals surface area contributed by atoms with Crippen molar-refractivity contribution < 1.29 is 14.3 Å². The Labute approximate surface area is 123 Å². The number of halogens is 1. The molecule has 0 atom stereocenters. The van der Waals surface area contributed by atoms with E-state index in [9.17, 15) is 9.59 Å². The number of hydrogen-bond donors (Lipinski definition) is 1. The predicted octanol–water partition coefficient (Wildman–Crippen LogP) is 2.98. The molecule has 1 saturated carbocycles. The molecule has 1 amide bonds. The van der Waals surface area contributed by atoms with Crippen LogP contribution in [0.4, 0.5) is 0 Å². The Kier molecular flexibility index (Phi) is 5.41. The molecule has 0 unspecified atom stereocenters. The first-order valence-corrected chi connectivity index (χ1v) is 7.24. The van der Waals surface area contributed by atoms with Crippen molar-refractivity contribution in [3.63, 3.8) is 0 Å². The number of carbonyl (C=O) groups excluding carboxylic acids is 2. The minimum Gasteiger partial charge on any atom is -0.482 e. The van der Waals surface area contributed by atoms with Gasteiger partial charge in [0.25, 0.3) is 5.91 Å². The van der Waals surface area contributed by atoms with Crippen molar-refractivity contribution >= 4 is 23.8 Å². The van der Waals surface area contributed by atoms with E-state index in [1.54, 1.807) is 12.1 Å². The van der Waals surface area contributed by atoms with E-state index in [4.69, 9.17) is 16.3 Å². The van der Waals surface area contributed by atoms with Crippen molar-refractivity contribution in [1.29, 1.82) is 0 Å². The van der Waals surface area contributed by atoms with Gasteiger partial charge in [-0.1, -0.05) is 30.9 Å². The largest absolute Gasteiger partial charge is 0.482 e. The average molecular weight is 296 g/mol. The van der Waals surface area contributed by atoms with Gasteiger partial charge in [0.2, 0.25) is 0 Å². The van der Waals surface area contributed by atoms with Gasteiger partial charge in [-0.3, -0.25) is 9.59 Å². The molecule has 1 aliphatic carbocycles. The van der Waals surface area contributed by atoms with Gasteiger partial charge in [-0.25, -0.2) is 0 Å². The fourth-order valence-corrected chi connectivity index (χ4v) is 2.61. The maximum absolute atomic E-state index is 11.8. The summed E-state index contributed by atoms with van der Waals surface area (Å²) in [5.41, 5.74) is 0.481. The Bertz CT molecular complexity index is 484. The third-order valence-corrected chi connectivity index (χ3v) is 3.72. The first-order valence-electron chi connectivity index (χ1n) is 6.86. The van der Waals surface area contributed by atoms with Gasteiger partial charge < -0.3 is 10.1 Å². The van der Waals surface area contributed by atoms with Gasteiger partial charge in [-0.2, -0.15) is 0 Å². The fraction of sp³-hybridized carbons (Fsp3) is 0.467. The lowest BCUT2D eigenvalue weighted by Gasteiger charge is -2.22. The fourth-order valence-electron chi connectivity index (χ4n) is 2.37. The van der Waals surface area contributed by atoms with E-state index in [1.807, 2.05) is 0 Å². The summed E-state index contributed by atoms with van der Waals surface area (Å²) in [5.74, 6) is 0.281. The summed E-state index contributed by atoms with van der Waals surface area (Å²) in [4.78, 5) is 22.4. The molecular formula is C15H18ClNO3. The number of aldehydes is 1. The monoisotopic (exact) mass is 295 g/mol. The van der Waals surface area contributed by atoms with Crippen LogP contribution in [0, 0.1) is 0 Å². The summed E-state index contributed by atoms with van der Waals surface area (Å²) < 4.78 is 5.38. The first kappa shape index (κ1) is 14.9. The van der Waals surface area contributed by atoms with Gasteiger partial charge in [-0.05, 0) is 31.0 Å². The summed E-state index contributed by atoms with van der Waals surface area (Å²) in [7, 11) is 0. The second-order valence-corrected chi connectivity index (χ2v) is 5.41. The quantitative estimate of drug-likeness (QED) is 0.850. The second kappa shape index (κ2) is 7.29. The zero-order valence-electron chi connectivity index (χ0n) is 11.2. The van der Waals surface area contributed by atoms with E-state index in [-0.39, 0.29) is 18.6 Å². The molecule has 1 aliphatic rings. The third kappa shape index (κ3) is 4.23. The Hall–Kier alpha value is -1.55. The molecule has 0 heterocycles. The number of benzene rings is 1. The van der Waals surface area contributed by atoms with Gasteiger partial charge in [0.1, 0.15) is 12.0 Å².